The van der Waals surface area contributed by atoms with Gasteiger partial charge in [-0.3, -0.25) is 4.79 Å². The third-order valence-corrected chi connectivity index (χ3v) is 5.45. The second kappa shape index (κ2) is 5.54. The molecule has 0 aromatic carbocycles. The lowest BCUT2D eigenvalue weighted by molar-refractivity contribution is -0.116. The fourth-order valence-electron chi connectivity index (χ4n) is 2.18. The summed E-state index contributed by atoms with van der Waals surface area (Å²) in [4.78, 5) is 18.5. The van der Waals surface area contributed by atoms with Crippen LogP contribution >= 0.6 is 23.1 Å². The average Bonchev–Trinajstić information content (AvgIpc) is 3.13. The molecule has 3 heterocycles. The Morgan fingerprint density at radius 3 is 3.05 bits per heavy atom. The maximum Gasteiger partial charge on any atom is 0.256 e. The first-order chi connectivity index (χ1) is 10.1. The molecule has 1 atom stereocenters. The zero-order valence-corrected chi connectivity index (χ0v) is 13.3. The lowest BCUT2D eigenvalue weighted by atomic mass is 10.3. The molecule has 5 nitrogen and oxygen atoms in total. The minimum atomic E-state index is -0.198. The number of amides is 1. The van der Waals surface area contributed by atoms with Crippen molar-refractivity contribution in [3.63, 3.8) is 0 Å². The summed E-state index contributed by atoms with van der Waals surface area (Å²) < 4.78 is 5.53. The van der Waals surface area contributed by atoms with E-state index in [4.69, 9.17) is 9.68 Å². The fourth-order valence-corrected chi connectivity index (χ4v) is 4.12. The topological polar surface area (TPSA) is 70.1 Å². The van der Waals surface area contributed by atoms with Crippen LogP contribution in [0.2, 0.25) is 0 Å². The number of nitrogens with zero attached hydrogens (tertiary/aromatic N) is 3. The van der Waals surface area contributed by atoms with Gasteiger partial charge in [-0.05, 0) is 31.7 Å². The predicted octanol–water partition coefficient (Wildman–Crippen LogP) is 3.12. The van der Waals surface area contributed by atoms with Crippen LogP contribution in [0.15, 0.2) is 21.1 Å². The van der Waals surface area contributed by atoms with E-state index in [-0.39, 0.29) is 11.2 Å². The van der Waals surface area contributed by atoms with Crippen molar-refractivity contribution in [1.82, 2.24) is 4.98 Å². The van der Waals surface area contributed by atoms with Crippen LogP contribution in [-0.4, -0.2) is 22.7 Å². The Morgan fingerprint density at radius 2 is 2.38 bits per heavy atom. The molecule has 1 fully saturated rings. The number of rotatable bonds is 3. The number of oxazole rings is 1. The number of nitriles is 1. The van der Waals surface area contributed by atoms with Gasteiger partial charge in [0.15, 0.2) is 0 Å². The highest BCUT2D eigenvalue weighted by Gasteiger charge is 2.36. The number of hydrogen-bond donors (Lipinski definition) is 0. The van der Waals surface area contributed by atoms with Crippen LogP contribution in [0.5, 0.6) is 0 Å². The van der Waals surface area contributed by atoms with Crippen molar-refractivity contribution in [1.29, 1.82) is 5.26 Å². The van der Waals surface area contributed by atoms with Gasteiger partial charge in [0, 0.05) is 6.54 Å². The number of hydrogen-bond acceptors (Lipinski definition) is 6. The summed E-state index contributed by atoms with van der Waals surface area (Å²) in [6.45, 7) is 4.38. The van der Waals surface area contributed by atoms with Crippen molar-refractivity contribution >= 4 is 34.0 Å². The third-order valence-electron chi connectivity index (χ3n) is 3.42. The number of aromatic nitrogens is 1. The molecule has 0 spiro atoms. The lowest BCUT2D eigenvalue weighted by Gasteiger charge is -2.14. The van der Waals surface area contributed by atoms with Gasteiger partial charge in [-0.2, -0.15) is 5.26 Å². The summed E-state index contributed by atoms with van der Waals surface area (Å²) in [6, 6.07) is 3.87. The van der Waals surface area contributed by atoms with Crippen molar-refractivity contribution < 1.29 is 9.21 Å². The molecule has 0 unspecified atom stereocenters. The Morgan fingerprint density at radius 1 is 1.57 bits per heavy atom. The van der Waals surface area contributed by atoms with E-state index in [2.05, 4.69) is 11.1 Å². The standard InChI is InChI=1S/C14H13N3O2S2/c1-8-9(2)19-14(16-8)21-11-3-5-17(12(11)18)13-10(7-15)4-6-20-13/h4,6,11H,3,5H2,1-2H3/t11-/m1/s1. The Labute approximate surface area is 130 Å². The number of anilines is 1. The minimum absolute atomic E-state index is 0.0208. The van der Waals surface area contributed by atoms with Crippen molar-refractivity contribution in [3.8, 4) is 6.07 Å². The Balaban J connectivity index is 1.76. The quantitative estimate of drug-likeness (QED) is 0.869. The second-order valence-electron chi connectivity index (χ2n) is 4.76. The van der Waals surface area contributed by atoms with Crippen molar-refractivity contribution in [2.24, 2.45) is 0 Å². The molecule has 3 rings (SSSR count). The van der Waals surface area contributed by atoms with Crippen molar-refractivity contribution in [2.45, 2.75) is 30.7 Å². The normalized spacial score (nSPS) is 18.2. The molecule has 108 valence electrons. The molecular formula is C14H13N3O2S2. The maximum absolute atomic E-state index is 12.5. The minimum Gasteiger partial charge on any atom is -0.437 e. The van der Waals surface area contributed by atoms with Gasteiger partial charge in [0.1, 0.15) is 16.8 Å². The van der Waals surface area contributed by atoms with Gasteiger partial charge in [0.25, 0.3) is 5.22 Å². The van der Waals surface area contributed by atoms with E-state index in [1.54, 1.807) is 11.0 Å². The molecule has 0 radical (unpaired) electrons. The zero-order valence-electron chi connectivity index (χ0n) is 11.6. The van der Waals surface area contributed by atoms with Gasteiger partial charge in [-0.15, -0.1) is 11.3 Å². The molecule has 0 bridgehead atoms. The van der Waals surface area contributed by atoms with E-state index in [1.165, 1.54) is 23.1 Å². The monoisotopic (exact) mass is 319 g/mol. The number of carbonyl (C=O) groups is 1. The van der Waals surface area contributed by atoms with Gasteiger partial charge >= 0.3 is 0 Å². The summed E-state index contributed by atoms with van der Waals surface area (Å²) in [5.74, 6) is 0.803. The Hall–Kier alpha value is -1.78. The highest BCUT2D eigenvalue weighted by Crippen LogP contribution is 2.36. The van der Waals surface area contributed by atoms with Gasteiger partial charge in [0.05, 0.1) is 16.5 Å². The van der Waals surface area contributed by atoms with Crippen LogP contribution in [0, 0.1) is 25.2 Å². The number of thiophene rings is 1. The third kappa shape index (κ3) is 2.57. The molecule has 1 amide bonds. The summed E-state index contributed by atoms with van der Waals surface area (Å²) in [5.41, 5.74) is 1.41. The van der Waals surface area contributed by atoms with E-state index in [1.807, 2.05) is 19.2 Å². The first-order valence-electron chi connectivity index (χ1n) is 6.50. The molecule has 0 N–H and O–H groups in total. The predicted molar refractivity (Wildman–Crippen MR) is 81.6 cm³/mol. The molecule has 21 heavy (non-hydrogen) atoms. The number of carbonyl (C=O) groups excluding carboxylic acids is 1. The highest BCUT2D eigenvalue weighted by molar-refractivity contribution is 8.00. The van der Waals surface area contributed by atoms with Gasteiger partial charge in [-0.1, -0.05) is 11.8 Å². The summed E-state index contributed by atoms with van der Waals surface area (Å²) in [6.07, 6.45) is 0.729. The molecule has 0 aliphatic carbocycles. The summed E-state index contributed by atoms with van der Waals surface area (Å²) >= 11 is 2.79. The van der Waals surface area contributed by atoms with E-state index >= 15 is 0 Å². The summed E-state index contributed by atoms with van der Waals surface area (Å²) in [7, 11) is 0. The molecule has 7 heteroatoms. The largest absolute Gasteiger partial charge is 0.437 e. The van der Waals surface area contributed by atoms with Crippen LogP contribution in [0.3, 0.4) is 0 Å². The first kappa shape index (κ1) is 14.2. The van der Waals surface area contributed by atoms with E-state index in [0.717, 1.165) is 22.9 Å². The van der Waals surface area contributed by atoms with Crippen LogP contribution in [0.4, 0.5) is 5.00 Å². The van der Waals surface area contributed by atoms with Crippen LogP contribution in [0.25, 0.3) is 0 Å². The molecule has 1 aliphatic rings. The van der Waals surface area contributed by atoms with Crippen molar-refractivity contribution in [3.05, 3.63) is 28.5 Å². The molecule has 2 aromatic heterocycles. The van der Waals surface area contributed by atoms with Gasteiger partial charge < -0.3 is 9.32 Å². The highest BCUT2D eigenvalue weighted by atomic mass is 32.2. The molecule has 2 aromatic rings. The van der Waals surface area contributed by atoms with E-state index in [9.17, 15) is 4.79 Å². The Bertz CT molecular complexity index is 709. The summed E-state index contributed by atoms with van der Waals surface area (Å²) in [5, 5.41) is 12.0. The number of thioether (sulfide) groups is 1. The van der Waals surface area contributed by atoms with Crippen LogP contribution in [0.1, 0.15) is 23.4 Å². The van der Waals surface area contributed by atoms with Crippen molar-refractivity contribution in [2.75, 3.05) is 11.4 Å². The number of aryl methyl sites for hydroxylation is 2. The molecular weight excluding hydrogens is 306 g/mol. The average molecular weight is 319 g/mol. The molecule has 1 saturated heterocycles. The SMILES string of the molecule is Cc1nc(S[C@@H]2CCN(c3sccc3C#N)C2=O)oc1C. The molecule has 1 aliphatic heterocycles. The first-order valence-corrected chi connectivity index (χ1v) is 8.25. The second-order valence-corrected chi connectivity index (χ2v) is 6.81. The fraction of sp³-hybridized carbons (Fsp3) is 0.357. The van der Waals surface area contributed by atoms with E-state index in [0.29, 0.717) is 17.3 Å². The van der Waals surface area contributed by atoms with Crippen LogP contribution < -0.4 is 4.90 Å². The van der Waals surface area contributed by atoms with Crippen LogP contribution in [-0.2, 0) is 4.79 Å². The lowest BCUT2D eigenvalue weighted by Crippen LogP contribution is -2.27. The van der Waals surface area contributed by atoms with Gasteiger partial charge in [-0.25, -0.2) is 4.98 Å². The Kier molecular flexibility index (Phi) is 3.74. The maximum atomic E-state index is 12.5. The van der Waals surface area contributed by atoms with E-state index < -0.39 is 0 Å². The molecule has 0 saturated carbocycles. The van der Waals surface area contributed by atoms with Gasteiger partial charge in [0.2, 0.25) is 5.91 Å². The zero-order chi connectivity index (χ0) is 15.0. The smallest absolute Gasteiger partial charge is 0.256 e.